The average Bonchev–Trinajstić information content (AvgIpc) is 2.29. The fraction of sp³-hybridized carbons (Fsp3) is 0.455. The molecule has 0 aliphatic heterocycles. The smallest absolute Gasteiger partial charge is 0.270 e. The minimum absolute atomic E-state index is 0.186. The van der Waals surface area contributed by atoms with Gasteiger partial charge in [-0.3, -0.25) is 4.79 Å². The third-order valence-electron chi connectivity index (χ3n) is 2.45. The summed E-state index contributed by atoms with van der Waals surface area (Å²) in [5, 5.41) is 2.77. The Labute approximate surface area is 99.0 Å². The standard InChI is InChI=1S/C11H14ClFN2O/c1-3-11(2,7-12)15-10(16)9-5-4-8(13)6-14-9/h4-6H,3,7H2,1-2H3,(H,15,16). The van der Waals surface area contributed by atoms with Gasteiger partial charge in [-0.05, 0) is 25.5 Å². The molecule has 0 aliphatic rings. The zero-order chi connectivity index (χ0) is 12.2. The van der Waals surface area contributed by atoms with Crippen molar-refractivity contribution in [2.45, 2.75) is 25.8 Å². The molecule has 5 heteroatoms. The van der Waals surface area contributed by atoms with Gasteiger partial charge in [-0.25, -0.2) is 9.37 Å². The lowest BCUT2D eigenvalue weighted by molar-refractivity contribution is 0.0907. The van der Waals surface area contributed by atoms with E-state index in [0.717, 1.165) is 6.20 Å². The normalized spacial score (nSPS) is 14.2. The first-order valence-electron chi connectivity index (χ1n) is 5.01. The zero-order valence-corrected chi connectivity index (χ0v) is 10.0. The second-order valence-corrected chi connectivity index (χ2v) is 4.13. The van der Waals surface area contributed by atoms with Crippen LogP contribution in [0.15, 0.2) is 18.3 Å². The Hall–Kier alpha value is -1.16. The SMILES string of the molecule is CCC(C)(CCl)NC(=O)c1ccc(F)cn1. The molecule has 1 N–H and O–H groups in total. The Morgan fingerprint density at radius 1 is 1.62 bits per heavy atom. The molecule has 1 atom stereocenters. The van der Waals surface area contributed by atoms with E-state index in [-0.39, 0.29) is 11.6 Å². The van der Waals surface area contributed by atoms with E-state index in [1.54, 1.807) is 0 Å². The van der Waals surface area contributed by atoms with Gasteiger partial charge in [-0.1, -0.05) is 6.92 Å². The monoisotopic (exact) mass is 244 g/mol. The number of hydrogen-bond donors (Lipinski definition) is 1. The fourth-order valence-corrected chi connectivity index (χ4v) is 1.32. The molecule has 16 heavy (non-hydrogen) atoms. The first kappa shape index (κ1) is 12.9. The minimum Gasteiger partial charge on any atom is -0.344 e. The maximum atomic E-state index is 12.6. The summed E-state index contributed by atoms with van der Waals surface area (Å²) in [7, 11) is 0. The van der Waals surface area contributed by atoms with Gasteiger partial charge in [0.2, 0.25) is 0 Å². The van der Waals surface area contributed by atoms with E-state index in [9.17, 15) is 9.18 Å². The van der Waals surface area contributed by atoms with Crippen LogP contribution in [0, 0.1) is 5.82 Å². The molecule has 1 aromatic rings. The summed E-state index contributed by atoms with van der Waals surface area (Å²) in [5.41, 5.74) is -0.277. The number of nitrogens with one attached hydrogen (secondary N) is 1. The molecule has 0 bridgehead atoms. The van der Waals surface area contributed by atoms with E-state index in [1.807, 2.05) is 13.8 Å². The van der Waals surface area contributed by atoms with Gasteiger partial charge in [0.25, 0.3) is 5.91 Å². The van der Waals surface area contributed by atoms with Gasteiger partial charge in [0.1, 0.15) is 11.5 Å². The molecule has 88 valence electrons. The van der Waals surface area contributed by atoms with E-state index in [2.05, 4.69) is 10.3 Å². The Bertz CT molecular complexity index is 363. The van der Waals surface area contributed by atoms with Crippen molar-refractivity contribution in [2.75, 3.05) is 5.88 Å². The summed E-state index contributed by atoms with van der Waals surface area (Å²) in [6, 6.07) is 2.54. The number of alkyl halides is 1. The Morgan fingerprint density at radius 2 is 2.31 bits per heavy atom. The Morgan fingerprint density at radius 3 is 2.75 bits per heavy atom. The molecule has 1 rings (SSSR count). The van der Waals surface area contributed by atoms with Crippen LogP contribution in [-0.4, -0.2) is 22.3 Å². The number of nitrogens with zero attached hydrogens (tertiary/aromatic N) is 1. The Balaban J connectivity index is 2.76. The predicted molar refractivity (Wildman–Crippen MR) is 61.1 cm³/mol. The largest absolute Gasteiger partial charge is 0.344 e. The number of amides is 1. The number of aromatic nitrogens is 1. The minimum atomic E-state index is -0.466. The third-order valence-corrected chi connectivity index (χ3v) is 3.04. The van der Waals surface area contributed by atoms with Gasteiger partial charge in [-0.2, -0.15) is 0 Å². The van der Waals surface area contributed by atoms with Gasteiger partial charge in [0.15, 0.2) is 0 Å². The molecule has 1 amide bonds. The first-order valence-corrected chi connectivity index (χ1v) is 5.54. The molecule has 0 radical (unpaired) electrons. The average molecular weight is 245 g/mol. The highest BCUT2D eigenvalue weighted by Crippen LogP contribution is 2.12. The molecule has 0 saturated carbocycles. The fourth-order valence-electron chi connectivity index (χ4n) is 1.06. The van der Waals surface area contributed by atoms with E-state index in [0.29, 0.717) is 12.3 Å². The summed E-state index contributed by atoms with van der Waals surface area (Å²) in [6.45, 7) is 3.78. The van der Waals surface area contributed by atoms with Gasteiger partial charge in [0, 0.05) is 5.88 Å². The van der Waals surface area contributed by atoms with Crippen molar-refractivity contribution in [1.29, 1.82) is 0 Å². The van der Waals surface area contributed by atoms with Crippen molar-refractivity contribution < 1.29 is 9.18 Å². The summed E-state index contributed by atoms with van der Waals surface area (Å²) in [5.74, 6) is -0.492. The topological polar surface area (TPSA) is 42.0 Å². The summed E-state index contributed by atoms with van der Waals surface area (Å²) < 4.78 is 12.6. The number of rotatable bonds is 4. The van der Waals surface area contributed by atoms with Crippen LogP contribution in [0.2, 0.25) is 0 Å². The van der Waals surface area contributed by atoms with Gasteiger partial charge < -0.3 is 5.32 Å². The van der Waals surface area contributed by atoms with Crippen molar-refractivity contribution >= 4 is 17.5 Å². The van der Waals surface area contributed by atoms with Crippen molar-refractivity contribution in [3.8, 4) is 0 Å². The summed E-state index contributed by atoms with van der Waals surface area (Å²) in [4.78, 5) is 15.4. The highest BCUT2D eigenvalue weighted by atomic mass is 35.5. The number of halogens is 2. The van der Waals surface area contributed by atoms with Crippen molar-refractivity contribution in [2.24, 2.45) is 0 Å². The van der Waals surface area contributed by atoms with Crippen molar-refractivity contribution in [3.63, 3.8) is 0 Å². The molecule has 1 unspecified atom stereocenters. The van der Waals surface area contributed by atoms with Crippen LogP contribution in [0.1, 0.15) is 30.8 Å². The molecule has 0 spiro atoms. The molecule has 1 aromatic heterocycles. The van der Waals surface area contributed by atoms with Crippen molar-refractivity contribution in [1.82, 2.24) is 10.3 Å². The molecule has 1 heterocycles. The summed E-state index contributed by atoms with van der Waals surface area (Å²) in [6.07, 6.45) is 1.72. The lowest BCUT2D eigenvalue weighted by atomic mass is 10.0. The molecule has 3 nitrogen and oxygen atoms in total. The summed E-state index contributed by atoms with van der Waals surface area (Å²) >= 11 is 5.77. The first-order chi connectivity index (χ1) is 7.50. The maximum Gasteiger partial charge on any atom is 0.270 e. The Kier molecular flexibility index (Phi) is 4.24. The predicted octanol–water partition coefficient (Wildman–Crippen LogP) is 2.36. The second-order valence-electron chi connectivity index (χ2n) is 3.86. The van der Waals surface area contributed by atoms with Crippen LogP contribution in [0.4, 0.5) is 4.39 Å². The number of carbonyl (C=O) groups is 1. The quantitative estimate of drug-likeness (QED) is 0.827. The zero-order valence-electron chi connectivity index (χ0n) is 9.26. The second kappa shape index (κ2) is 5.25. The molecule has 0 aromatic carbocycles. The van der Waals surface area contributed by atoms with E-state index in [1.165, 1.54) is 12.1 Å². The lowest BCUT2D eigenvalue weighted by Crippen LogP contribution is -2.47. The molecule has 0 aliphatic carbocycles. The lowest BCUT2D eigenvalue weighted by Gasteiger charge is -2.26. The van der Waals surface area contributed by atoms with Crippen LogP contribution in [0.3, 0.4) is 0 Å². The van der Waals surface area contributed by atoms with Gasteiger partial charge in [0.05, 0.1) is 11.7 Å². The number of pyridine rings is 1. The molecule has 0 saturated heterocycles. The number of carbonyl (C=O) groups excluding carboxylic acids is 1. The van der Waals surface area contributed by atoms with E-state index in [4.69, 9.17) is 11.6 Å². The highest BCUT2D eigenvalue weighted by molar-refractivity contribution is 6.18. The van der Waals surface area contributed by atoms with Crippen LogP contribution in [0.25, 0.3) is 0 Å². The maximum absolute atomic E-state index is 12.6. The van der Waals surface area contributed by atoms with E-state index >= 15 is 0 Å². The molecule has 0 fully saturated rings. The van der Waals surface area contributed by atoms with Crippen LogP contribution < -0.4 is 5.32 Å². The third kappa shape index (κ3) is 3.17. The molecular weight excluding hydrogens is 231 g/mol. The molecular formula is C11H14ClFN2O. The van der Waals surface area contributed by atoms with E-state index < -0.39 is 11.4 Å². The van der Waals surface area contributed by atoms with Crippen molar-refractivity contribution in [3.05, 3.63) is 29.8 Å². The highest BCUT2D eigenvalue weighted by Gasteiger charge is 2.24. The van der Waals surface area contributed by atoms with Crippen LogP contribution in [0.5, 0.6) is 0 Å². The van der Waals surface area contributed by atoms with Gasteiger partial charge in [-0.15, -0.1) is 11.6 Å². The number of hydrogen-bond acceptors (Lipinski definition) is 2. The van der Waals surface area contributed by atoms with Crippen LogP contribution >= 0.6 is 11.6 Å². The van der Waals surface area contributed by atoms with Gasteiger partial charge >= 0.3 is 0 Å². The van der Waals surface area contributed by atoms with Crippen LogP contribution in [-0.2, 0) is 0 Å².